The number of piperazine rings is 1. The topological polar surface area (TPSA) is 48.4 Å². The van der Waals surface area contributed by atoms with E-state index in [0.717, 1.165) is 51.0 Å². The molecule has 0 saturated carbocycles. The van der Waals surface area contributed by atoms with Crippen LogP contribution < -0.4 is 9.80 Å². The van der Waals surface area contributed by atoms with Crippen molar-refractivity contribution < 1.29 is 0 Å². The van der Waals surface area contributed by atoms with Gasteiger partial charge in [-0.3, -0.25) is 0 Å². The third kappa shape index (κ3) is 3.17. The molecule has 2 aliphatic rings. The Morgan fingerprint density at radius 1 is 0.850 bits per heavy atom. The Morgan fingerprint density at radius 3 is 2.25 bits per heavy atom. The third-order valence-electron chi connectivity index (χ3n) is 4.25. The highest BCUT2D eigenvalue weighted by atomic mass is 15.4. The summed E-state index contributed by atoms with van der Waals surface area (Å²) in [5.41, 5.74) is 0. The van der Waals surface area contributed by atoms with Gasteiger partial charge in [-0.15, -0.1) is 5.10 Å². The van der Waals surface area contributed by atoms with Crippen molar-refractivity contribution in [2.24, 2.45) is 0 Å². The van der Waals surface area contributed by atoms with Gasteiger partial charge < -0.3 is 14.7 Å². The number of anilines is 2. The van der Waals surface area contributed by atoms with Gasteiger partial charge in [0.1, 0.15) is 0 Å². The lowest BCUT2D eigenvalue weighted by molar-refractivity contribution is 0.311. The molecule has 0 aromatic carbocycles. The molecule has 1 aromatic heterocycles. The van der Waals surface area contributed by atoms with E-state index in [0.29, 0.717) is 0 Å². The maximum Gasteiger partial charge on any atom is 0.247 e. The molecule has 0 amide bonds. The van der Waals surface area contributed by atoms with Gasteiger partial charge in [-0.1, -0.05) is 12.8 Å². The Bertz CT molecular complexity index is 421. The normalized spacial score (nSPS) is 21.9. The highest BCUT2D eigenvalue weighted by molar-refractivity contribution is 5.42. The van der Waals surface area contributed by atoms with Crippen molar-refractivity contribution in [3.8, 4) is 0 Å². The summed E-state index contributed by atoms with van der Waals surface area (Å²) in [4.78, 5) is 11.7. The van der Waals surface area contributed by atoms with Crippen LogP contribution in [0.15, 0.2) is 6.20 Å². The minimum Gasteiger partial charge on any atom is -0.355 e. The Kier molecular flexibility index (Phi) is 4.30. The van der Waals surface area contributed by atoms with Crippen LogP contribution in [0.2, 0.25) is 0 Å². The van der Waals surface area contributed by atoms with Crippen LogP contribution in [0.5, 0.6) is 0 Å². The molecule has 0 spiro atoms. The van der Waals surface area contributed by atoms with E-state index in [-0.39, 0.29) is 0 Å². The number of rotatable bonds is 2. The molecule has 0 unspecified atom stereocenters. The predicted octanol–water partition coefficient (Wildman–Crippen LogP) is 1.00. The van der Waals surface area contributed by atoms with Gasteiger partial charge in [-0.2, -0.15) is 10.1 Å². The van der Waals surface area contributed by atoms with Gasteiger partial charge in [0.05, 0.1) is 6.20 Å². The van der Waals surface area contributed by atoms with Crippen LogP contribution in [-0.4, -0.2) is 66.4 Å². The lowest BCUT2D eigenvalue weighted by Crippen LogP contribution is -2.45. The quantitative estimate of drug-likeness (QED) is 0.803. The average molecular weight is 276 g/mol. The molecule has 2 fully saturated rings. The average Bonchev–Trinajstić information content (AvgIpc) is 2.77. The summed E-state index contributed by atoms with van der Waals surface area (Å²) in [5.74, 6) is 1.79. The molecule has 1 aromatic rings. The van der Waals surface area contributed by atoms with E-state index < -0.39 is 0 Å². The summed E-state index contributed by atoms with van der Waals surface area (Å²) in [6, 6.07) is 0. The van der Waals surface area contributed by atoms with Crippen molar-refractivity contribution in [2.45, 2.75) is 25.7 Å². The van der Waals surface area contributed by atoms with E-state index >= 15 is 0 Å². The van der Waals surface area contributed by atoms with Gasteiger partial charge >= 0.3 is 0 Å². The Morgan fingerprint density at radius 2 is 1.55 bits per heavy atom. The zero-order valence-electron chi connectivity index (χ0n) is 12.3. The molecule has 2 saturated heterocycles. The summed E-state index contributed by atoms with van der Waals surface area (Å²) >= 11 is 0. The minimum absolute atomic E-state index is 0.792. The highest BCUT2D eigenvalue weighted by Gasteiger charge is 2.19. The van der Waals surface area contributed by atoms with Crippen LogP contribution in [0.1, 0.15) is 25.7 Å². The summed E-state index contributed by atoms with van der Waals surface area (Å²) in [6.45, 7) is 6.31. The van der Waals surface area contributed by atoms with Crippen LogP contribution in [-0.2, 0) is 0 Å². The van der Waals surface area contributed by atoms with Crippen molar-refractivity contribution in [3.05, 3.63) is 6.20 Å². The number of aromatic nitrogens is 3. The van der Waals surface area contributed by atoms with Gasteiger partial charge in [0.15, 0.2) is 5.82 Å². The summed E-state index contributed by atoms with van der Waals surface area (Å²) in [7, 11) is 2.16. The molecule has 110 valence electrons. The van der Waals surface area contributed by atoms with Gasteiger partial charge in [0.2, 0.25) is 5.95 Å². The molecule has 0 radical (unpaired) electrons. The van der Waals surface area contributed by atoms with E-state index in [1.807, 2.05) is 6.20 Å². The molecule has 6 nitrogen and oxygen atoms in total. The smallest absolute Gasteiger partial charge is 0.247 e. The molecule has 0 aliphatic carbocycles. The molecule has 3 heterocycles. The molecule has 6 heteroatoms. The van der Waals surface area contributed by atoms with Gasteiger partial charge in [0, 0.05) is 39.3 Å². The van der Waals surface area contributed by atoms with Crippen molar-refractivity contribution in [3.63, 3.8) is 0 Å². The zero-order valence-corrected chi connectivity index (χ0v) is 12.3. The Hall–Kier alpha value is -1.43. The SMILES string of the molecule is CN1CCN(c2nncc(N3CCCCCC3)n2)CC1. The van der Waals surface area contributed by atoms with Crippen molar-refractivity contribution in [1.82, 2.24) is 20.1 Å². The van der Waals surface area contributed by atoms with E-state index in [2.05, 4.69) is 31.9 Å². The van der Waals surface area contributed by atoms with Crippen LogP contribution in [0.4, 0.5) is 11.8 Å². The second-order valence-electron chi connectivity index (χ2n) is 5.81. The third-order valence-corrected chi connectivity index (χ3v) is 4.25. The van der Waals surface area contributed by atoms with E-state index in [4.69, 9.17) is 4.98 Å². The van der Waals surface area contributed by atoms with Crippen LogP contribution in [0.3, 0.4) is 0 Å². The summed E-state index contributed by atoms with van der Waals surface area (Å²) < 4.78 is 0. The molecule has 0 bridgehead atoms. The number of hydrogen-bond acceptors (Lipinski definition) is 6. The molecular formula is C14H24N6. The highest BCUT2D eigenvalue weighted by Crippen LogP contribution is 2.18. The predicted molar refractivity (Wildman–Crippen MR) is 80.2 cm³/mol. The van der Waals surface area contributed by atoms with Crippen molar-refractivity contribution in [1.29, 1.82) is 0 Å². The Balaban J connectivity index is 1.71. The number of likely N-dealkylation sites (N-methyl/N-ethyl adjacent to an activating group) is 1. The zero-order chi connectivity index (χ0) is 13.8. The standard InChI is InChI=1S/C14H24N6/c1-18-8-10-20(11-9-18)14-16-13(12-15-17-14)19-6-4-2-3-5-7-19/h12H,2-11H2,1H3. The first-order valence-corrected chi connectivity index (χ1v) is 7.71. The van der Waals surface area contributed by atoms with Gasteiger partial charge in [-0.25, -0.2) is 0 Å². The lowest BCUT2D eigenvalue weighted by Gasteiger charge is -2.32. The monoisotopic (exact) mass is 276 g/mol. The maximum atomic E-state index is 4.75. The second-order valence-corrected chi connectivity index (χ2v) is 5.81. The lowest BCUT2D eigenvalue weighted by atomic mass is 10.2. The fourth-order valence-corrected chi connectivity index (χ4v) is 2.88. The number of hydrogen-bond donors (Lipinski definition) is 0. The van der Waals surface area contributed by atoms with Crippen LogP contribution in [0, 0.1) is 0 Å². The van der Waals surface area contributed by atoms with Crippen molar-refractivity contribution in [2.75, 3.05) is 56.1 Å². The first kappa shape index (κ1) is 13.5. The summed E-state index contributed by atoms with van der Waals surface area (Å²) in [6.07, 6.45) is 6.99. The van der Waals surface area contributed by atoms with E-state index in [9.17, 15) is 0 Å². The van der Waals surface area contributed by atoms with E-state index in [1.165, 1.54) is 25.7 Å². The summed E-state index contributed by atoms with van der Waals surface area (Å²) in [5, 5.41) is 8.40. The van der Waals surface area contributed by atoms with Crippen LogP contribution in [0.25, 0.3) is 0 Å². The van der Waals surface area contributed by atoms with Gasteiger partial charge in [-0.05, 0) is 19.9 Å². The molecular weight excluding hydrogens is 252 g/mol. The molecule has 3 rings (SSSR count). The first-order chi connectivity index (χ1) is 9.83. The fourth-order valence-electron chi connectivity index (χ4n) is 2.88. The first-order valence-electron chi connectivity index (χ1n) is 7.71. The molecule has 0 N–H and O–H groups in total. The fraction of sp³-hybridized carbons (Fsp3) is 0.786. The van der Waals surface area contributed by atoms with Gasteiger partial charge in [0.25, 0.3) is 0 Å². The van der Waals surface area contributed by atoms with Crippen LogP contribution >= 0.6 is 0 Å². The molecule has 2 aliphatic heterocycles. The van der Waals surface area contributed by atoms with Crippen molar-refractivity contribution >= 4 is 11.8 Å². The number of nitrogens with zero attached hydrogens (tertiary/aromatic N) is 6. The maximum absolute atomic E-state index is 4.75. The Labute approximate surface area is 120 Å². The molecule has 0 atom stereocenters. The van der Waals surface area contributed by atoms with E-state index in [1.54, 1.807) is 0 Å². The second kappa shape index (κ2) is 6.35. The minimum atomic E-state index is 0.792. The molecule has 20 heavy (non-hydrogen) atoms. The largest absolute Gasteiger partial charge is 0.355 e.